The summed E-state index contributed by atoms with van der Waals surface area (Å²) >= 11 is 3.59. The summed E-state index contributed by atoms with van der Waals surface area (Å²) in [6.07, 6.45) is 9.48. The molecule has 0 fully saturated rings. The number of rotatable bonds is 7. The maximum Gasteiger partial charge on any atom is 0.0497 e. The van der Waals surface area contributed by atoms with Crippen LogP contribution in [0.5, 0.6) is 0 Å². The number of hydrogen-bond acceptors (Lipinski definition) is 0. The molecule has 0 saturated heterocycles. The number of benzene rings is 2. The smallest absolute Gasteiger partial charge is 0.0497 e. The summed E-state index contributed by atoms with van der Waals surface area (Å²) in [6, 6.07) is 20.2. The van der Waals surface area contributed by atoms with Crippen molar-refractivity contribution in [2.75, 3.05) is 0 Å². The lowest BCUT2D eigenvalue weighted by Gasteiger charge is -2.17. The molecule has 2 aromatic heterocycles. The first-order valence-corrected chi connectivity index (χ1v) is 12.3. The van der Waals surface area contributed by atoms with E-state index in [2.05, 4.69) is 115 Å². The molecule has 4 rings (SSSR count). The van der Waals surface area contributed by atoms with Crippen LogP contribution in [0.15, 0.2) is 71.5 Å². The van der Waals surface area contributed by atoms with Gasteiger partial charge >= 0.3 is 0 Å². The number of pyridine rings is 1. The minimum absolute atomic E-state index is 0.568. The Bertz CT molecular complexity index is 1180. The second-order valence-corrected chi connectivity index (χ2v) is 9.65. The lowest BCUT2D eigenvalue weighted by atomic mass is 9.87. The summed E-state index contributed by atoms with van der Waals surface area (Å²) in [5.41, 5.74) is 10.8. The Kier molecular flexibility index (Phi) is 6.67. The predicted molar refractivity (Wildman–Crippen MR) is 138 cm³/mol. The average Bonchev–Trinajstić information content (AvgIpc) is 3.13. The van der Waals surface area contributed by atoms with Gasteiger partial charge in [-0.1, -0.05) is 78.5 Å². The molecule has 0 aliphatic carbocycles. The number of hydrogen-bond donors (Lipinski definition) is 0. The molecular formula is C29H32BrN. The Balaban J connectivity index is 1.92. The van der Waals surface area contributed by atoms with Crippen LogP contribution < -0.4 is 0 Å². The molecule has 1 nitrogen and oxygen atoms in total. The topological polar surface area (TPSA) is 4.41 Å². The van der Waals surface area contributed by atoms with Crippen LogP contribution in [0.4, 0.5) is 0 Å². The van der Waals surface area contributed by atoms with E-state index in [0.717, 1.165) is 10.9 Å². The highest BCUT2D eigenvalue weighted by molar-refractivity contribution is 9.10. The van der Waals surface area contributed by atoms with Crippen molar-refractivity contribution in [1.29, 1.82) is 0 Å². The van der Waals surface area contributed by atoms with Crippen LogP contribution in [0.25, 0.3) is 27.8 Å². The van der Waals surface area contributed by atoms with Crippen molar-refractivity contribution < 1.29 is 0 Å². The van der Waals surface area contributed by atoms with E-state index in [-0.39, 0.29) is 0 Å². The molecule has 0 aliphatic rings. The van der Waals surface area contributed by atoms with Crippen molar-refractivity contribution in [2.45, 2.75) is 59.3 Å². The molecule has 2 heterocycles. The summed E-state index contributed by atoms with van der Waals surface area (Å²) in [5, 5.41) is 0. The van der Waals surface area contributed by atoms with Crippen LogP contribution in [0.3, 0.4) is 0 Å². The van der Waals surface area contributed by atoms with E-state index in [1.807, 2.05) is 0 Å². The zero-order valence-electron chi connectivity index (χ0n) is 19.1. The van der Waals surface area contributed by atoms with E-state index in [9.17, 15) is 0 Å². The van der Waals surface area contributed by atoms with E-state index in [1.165, 1.54) is 63.7 Å². The normalized spacial score (nSPS) is 12.4. The standard InChI is InChI=1S/C29H32BrN/c1-5-7-8-22(6-2)29-27(23-10-12-25(30)13-11-23)19-31-16-15-24(18-28(29)31)26-14-9-20(3)17-21(26)4/h9-19,22H,5-8H2,1-4H3. The van der Waals surface area contributed by atoms with Gasteiger partial charge < -0.3 is 4.40 Å². The van der Waals surface area contributed by atoms with Gasteiger partial charge in [-0.25, -0.2) is 0 Å². The molecule has 0 radical (unpaired) electrons. The van der Waals surface area contributed by atoms with E-state index >= 15 is 0 Å². The summed E-state index contributed by atoms with van der Waals surface area (Å²) in [4.78, 5) is 0. The number of nitrogens with zero attached hydrogens (tertiary/aromatic N) is 1. The molecular weight excluding hydrogens is 442 g/mol. The van der Waals surface area contributed by atoms with Gasteiger partial charge in [0.1, 0.15) is 0 Å². The van der Waals surface area contributed by atoms with Crippen molar-refractivity contribution in [2.24, 2.45) is 0 Å². The maximum absolute atomic E-state index is 3.59. The van der Waals surface area contributed by atoms with Gasteiger partial charge in [-0.2, -0.15) is 0 Å². The fraction of sp³-hybridized carbons (Fsp3) is 0.310. The fourth-order valence-electron chi connectivity index (χ4n) is 4.78. The quantitative estimate of drug-likeness (QED) is 0.251. The van der Waals surface area contributed by atoms with E-state index in [4.69, 9.17) is 0 Å². The zero-order chi connectivity index (χ0) is 22.0. The van der Waals surface area contributed by atoms with Gasteiger partial charge in [-0.3, -0.25) is 0 Å². The number of aryl methyl sites for hydroxylation is 2. The summed E-state index contributed by atoms with van der Waals surface area (Å²) in [6.45, 7) is 9.01. The highest BCUT2D eigenvalue weighted by Crippen LogP contribution is 2.40. The molecule has 1 unspecified atom stereocenters. The second-order valence-electron chi connectivity index (χ2n) is 8.74. The largest absolute Gasteiger partial charge is 0.323 e. The first-order chi connectivity index (χ1) is 15.0. The van der Waals surface area contributed by atoms with Gasteiger partial charge in [0.2, 0.25) is 0 Å². The fourth-order valence-corrected chi connectivity index (χ4v) is 5.05. The monoisotopic (exact) mass is 473 g/mol. The Morgan fingerprint density at radius 3 is 2.32 bits per heavy atom. The van der Waals surface area contributed by atoms with Crippen molar-refractivity contribution in [3.63, 3.8) is 0 Å². The minimum Gasteiger partial charge on any atom is -0.323 e. The number of unbranched alkanes of at least 4 members (excludes halogenated alkanes) is 1. The number of fused-ring (bicyclic) bond motifs is 1. The van der Waals surface area contributed by atoms with Gasteiger partial charge in [-0.15, -0.1) is 0 Å². The Labute approximate surface area is 195 Å². The molecule has 0 saturated carbocycles. The molecule has 0 amide bonds. The van der Waals surface area contributed by atoms with Crippen LogP contribution in [-0.4, -0.2) is 4.40 Å². The van der Waals surface area contributed by atoms with Gasteiger partial charge in [0, 0.05) is 27.9 Å². The second kappa shape index (κ2) is 9.44. The highest BCUT2D eigenvalue weighted by atomic mass is 79.9. The van der Waals surface area contributed by atoms with Gasteiger partial charge in [0.05, 0.1) is 0 Å². The first-order valence-electron chi connectivity index (χ1n) is 11.5. The number of halogens is 1. The van der Waals surface area contributed by atoms with Crippen LogP contribution in [-0.2, 0) is 0 Å². The third-order valence-corrected chi connectivity index (χ3v) is 7.00. The van der Waals surface area contributed by atoms with Crippen molar-refractivity contribution >= 4 is 21.4 Å². The lowest BCUT2D eigenvalue weighted by Crippen LogP contribution is -1.99. The molecule has 2 aromatic carbocycles. The molecule has 0 aliphatic heterocycles. The predicted octanol–water partition coefficient (Wildman–Crippen LogP) is 9.34. The lowest BCUT2D eigenvalue weighted by molar-refractivity contribution is 0.574. The van der Waals surface area contributed by atoms with Crippen molar-refractivity contribution in [3.05, 3.63) is 88.2 Å². The van der Waals surface area contributed by atoms with E-state index in [1.54, 1.807) is 0 Å². The third kappa shape index (κ3) is 4.50. The first kappa shape index (κ1) is 21.9. The molecule has 31 heavy (non-hydrogen) atoms. The third-order valence-electron chi connectivity index (χ3n) is 6.47. The SMILES string of the molecule is CCCCC(CC)c1c(-c2ccc(Br)cc2)cn2ccc(-c3ccc(C)cc3C)cc12. The van der Waals surface area contributed by atoms with Crippen molar-refractivity contribution in [3.8, 4) is 22.3 Å². The average molecular weight is 474 g/mol. The van der Waals surface area contributed by atoms with Gasteiger partial charge in [0.25, 0.3) is 0 Å². The summed E-state index contributed by atoms with van der Waals surface area (Å²) in [7, 11) is 0. The Morgan fingerprint density at radius 1 is 0.871 bits per heavy atom. The Morgan fingerprint density at radius 2 is 1.65 bits per heavy atom. The number of aromatic nitrogens is 1. The van der Waals surface area contributed by atoms with Crippen LogP contribution in [0.2, 0.25) is 0 Å². The summed E-state index contributed by atoms with van der Waals surface area (Å²) < 4.78 is 3.45. The zero-order valence-corrected chi connectivity index (χ0v) is 20.7. The van der Waals surface area contributed by atoms with Crippen LogP contribution in [0, 0.1) is 13.8 Å². The van der Waals surface area contributed by atoms with Crippen LogP contribution in [0.1, 0.15) is 62.1 Å². The van der Waals surface area contributed by atoms with E-state index in [0.29, 0.717) is 5.92 Å². The maximum atomic E-state index is 3.59. The highest BCUT2D eigenvalue weighted by Gasteiger charge is 2.20. The van der Waals surface area contributed by atoms with Gasteiger partial charge in [0.15, 0.2) is 0 Å². The molecule has 4 aromatic rings. The summed E-state index contributed by atoms with van der Waals surface area (Å²) in [5.74, 6) is 0.568. The Hall–Kier alpha value is -2.32. The molecule has 2 heteroatoms. The van der Waals surface area contributed by atoms with E-state index < -0.39 is 0 Å². The van der Waals surface area contributed by atoms with Crippen LogP contribution >= 0.6 is 15.9 Å². The van der Waals surface area contributed by atoms with Crippen molar-refractivity contribution in [1.82, 2.24) is 4.40 Å². The minimum atomic E-state index is 0.568. The molecule has 1 atom stereocenters. The molecule has 0 spiro atoms. The van der Waals surface area contributed by atoms with Gasteiger partial charge in [-0.05, 0) is 84.7 Å². The molecule has 160 valence electrons. The molecule has 0 N–H and O–H groups in total. The molecule has 0 bridgehead atoms.